The number of nitrogens with one attached hydrogen (secondary N) is 2. The molecule has 2 aromatic heterocycles. The van der Waals surface area contributed by atoms with Gasteiger partial charge in [0.1, 0.15) is 0 Å². The van der Waals surface area contributed by atoms with Crippen LogP contribution in [0.15, 0.2) is 24.8 Å². The Bertz CT molecular complexity index is 558. The molecule has 2 amide bonds. The number of urea groups is 1. The van der Waals surface area contributed by atoms with Gasteiger partial charge in [-0.2, -0.15) is 10.2 Å². The van der Waals surface area contributed by atoms with E-state index < -0.39 is 0 Å². The summed E-state index contributed by atoms with van der Waals surface area (Å²) >= 11 is 0. The third kappa shape index (κ3) is 3.57. The lowest BCUT2D eigenvalue weighted by atomic mass is 10.2. The fourth-order valence-corrected chi connectivity index (χ4v) is 1.74. The molecule has 0 saturated heterocycles. The summed E-state index contributed by atoms with van der Waals surface area (Å²) in [6.07, 6.45) is 7.22. The maximum Gasteiger partial charge on any atom is 0.315 e. The van der Waals surface area contributed by atoms with Gasteiger partial charge < -0.3 is 10.6 Å². The third-order valence-corrected chi connectivity index (χ3v) is 2.78. The van der Waals surface area contributed by atoms with Gasteiger partial charge in [-0.25, -0.2) is 4.79 Å². The van der Waals surface area contributed by atoms with Crippen molar-refractivity contribution < 1.29 is 4.79 Å². The maximum atomic E-state index is 11.7. The van der Waals surface area contributed by atoms with Crippen molar-refractivity contribution in [3.05, 3.63) is 35.9 Å². The van der Waals surface area contributed by atoms with Crippen molar-refractivity contribution in [3.8, 4) is 0 Å². The van der Waals surface area contributed by atoms with Crippen LogP contribution in [0.5, 0.6) is 0 Å². The molecule has 0 bridgehead atoms. The van der Waals surface area contributed by atoms with Gasteiger partial charge in [-0.15, -0.1) is 0 Å². The van der Waals surface area contributed by atoms with E-state index in [1.54, 1.807) is 21.8 Å². The third-order valence-electron chi connectivity index (χ3n) is 2.78. The molecule has 2 heterocycles. The van der Waals surface area contributed by atoms with Crippen molar-refractivity contribution in [2.24, 2.45) is 14.1 Å². The highest BCUT2D eigenvalue weighted by Gasteiger charge is 2.10. The first-order chi connectivity index (χ1) is 9.04. The first-order valence-corrected chi connectivity index (χ1v) is 6.05. The van der Waals surface area contributed by atoms with Gasteiger partial charge in [0.2, 0.25) is 0 Å². The molecule has 0 saturated carbocycles. The van der Waals surface area contributed by atoms with E-state index >= 15 is 0 Å². The van der Waals surface area contributed by atoms with Gasteiger partial charge in [0.25, 0.3) is 0 Å². The Morgan fingerprint density at radius 3 is 2.53 bits per heavy atom. The molecule has 7 heteroatoms. The molecule has 2 aromatic rings. The topological polar surface area (TPSA) is 76.8 Å². The summed E-state index contributed by atoms with van der Waals surface area (Å²) in [5.41, 5.74) is 1.94. The van der Waals surface area contributed by atoms with Crippen molar-refractivity contribution >= 4 is 6.03 Å². The van der Waals surface area contributed by atoms with E-state index in [9.17, 15) is 4.79 Å². The lowest BCUT2D eigenvalue weighted by Crippen LogP contribution is -2.36. The van der Waals surface area contributed by atoms with Crippen molar-refractivity contribution in [2.45, 2.75) is 19.5 Å². The number of carbonyl (C=O) groups is 1. The minimum atomic E-state index is -0.208. The Labute approximate surface area is 111 Å². The van der Waals surface area contributed by atoms with Crippen LogP contribution in [0.25, 0.3) is 0 Å². The highest BCUT2D eigenvalue weighted by Crippen LogP contribution is 2.09. The zero-order valence-electron chi connectivity index (χ0n) is 11.3. The lowest BCUT2D eigenvalue weighted by molar-refractivity contribution is 0.237. The van der Waals surface area contributed by atoms with Crippen LogP contribution < -0.4 is 10.6 Å². The van der Waals surface area contributed by atoms with Crippen molar-refractivity contribution in [1.29, 1.82) is 0 Å². The van der Waals surface area contributed by atoms with Crippen LogP contribution in [0.1, 0.15) is 24.1 Å². The summed E-state index contributed by atoms with van der Waals surface area (Å²) in [6, 6.07) is -0.289. The van der Waals surface area contributed by atoms with Crippen LogP contribution in [0, 0.1) is 0 Å². The molecule has 0 aliphatic rings. The first kappa shape index (κ1) is 13.1. The summed E-state index contributed by atoms with van der Waals surface area (Å²) < 4.78 is 3.41. The molecule has 0 fully saturated rings. The van der Waals surface area contributed by atoms with Gasteiger partial charge in [0, 0.05) is 44.2 Å². The van der Waals surface area contributed by atoms with E-state index in [2.05, 4.69) is 20.8 Å². The van der Waals surface area contributed by atoms with Crippen LogP contribution >= 0.6 is 0 Å². The van der Waals surface area contributed by atoms with Crippen LogP contribution in [-0.2, 0) is 20.6 Å². The Kier molecular flexibility index (Phi) is 3.84. The second-order valence-corrected chi connectivity index (χ2v) is 4.52. The molecule has 2 rings (SSSR count). The molecule has 19 heavy (non-hydrogen) atoms. The molecular weight excluding hydrogens is 244 g/mol. The Morgan fingerprint density at radius 2 is 1.95 bits per heavy atom. The first-order valence-electron chi connectivity index (χ1n) is 6.05. The minimum Gasteiger partial charge on any atom is -0.334 e. The summed E-state index contributed by atoms with van der Waals surface area (Å²) in [4.78, 5) is 11.7. The molecule has 0 aliphatic carbocycles. The second-order valence-electron chi connectivity index (χ2n) is 4.52. The normalized spacial score (nSPS) is 12.2. The Morgan fingerprint density at radius 1 is 1.26 bits per heavy atom. The second kappa shape index (κ2) is 5.55. The van der Waals surface area contributed by atoms with Crippen LogP contribution in [0.4, 0.5) is 4.79 Å². The zero-order valence-corrected chi connectivity index (χ0v) is 11.3. The number of aryl methyl sites for hydroxylation is 2. The Hall–Kier alpha value is -2.31. The van der Waals surface area contributed by atoms with Gasteiger partial charge in [0.15, 0.2) is 0 Å². The molecule has 1 atom stereocenters. The van der Waals surface area contributed by atoms with E-state index in [0.29, 0.717) is 6.54 Å². The highest BCUT2D eigenvalue weighted by atomic mass is 16.2. The smallest absolute Gasteiger partial charge is 0.315 e. The van der Waals surface area contributed by atoms with Gasteiger partial charge in [-0.1, -0.05) is 0 Å². The van der Waals surface area contributed by atoms with Crippen LogP contribution in [0.2, 0.25) is 0 Å². The number of carbonyl (C=O) groups excluding carboxylic acids is 1. The molecule has 0 aliphatic heterocycles. The predicted molar refractivity (Wildman–Crippen MR) is 70.2 cm³/mol. The van der Waals surface area contributed by atoms with Crippen molar-refractivity contribution in [2.75, 3.05) is 0 Å². The number of rotatable bonds is 4. The van der Waals surface area contributed by atoms with Crippen molar-refractivity contribution in [1.82, 2.24) is 30.2 Å². The summed E-state index contributed by atoms with van der Waals surface area (Å²) in [5.74, 6) is 0. The molecule has 0 aromatic carbocycles. The lowest BCUT2D eigenvalue weighted by Gasteiger charge is -2.12. The number of aromatic nitrogens is 4. The zero-order chi connectivity index (χ0) is 13.8. The number of amides is 2. The van der Waals surface area contributed by atoms with E-state index in [1.807, 2.05) is 33.4 Å². The van der Waals surface area contributed by atoms with Gasteiger partial charge in [-0.05, 0) is 6.92 Å². The average molecular weight is 262 g/mol. The maximum absolute atomic E-state index is 11.7. The van der Waals surface area contributed by atoms with Gasteiger partial charge in [-0.3, -0.25) is 9.36 Å². The quantitative estimate of drug-likeness (QED) is 0.852. The van der Waals surface area contributed by atoms with Crippen molar-refractivity contribution in [3.63, 3.8) is 0 Å². The van der Waals surface area contributed by atoms with E-state index in [-0.39, 0.29) is 12.1 Å². The summed E-state index contributed by atoms with van der Waals surface area (Å²) in [7, 11) is 3.69. The predicted octanol–water partition coefficient (Wildman–Crippen LogP) is 0.714. The molecule has 0 radical (unpaired) electrons. The van der Waals surface area contributed by atoms with E-state index in [4.69, 9.17) is 0 Å². The van der Waals surface area contributed by atoms with Gasteiger partial charge >= 0.3 is 6.03 Å². The minimum absolute atomic E-state index is 0.0809. The SMILES string of the molecule is CC(NC(=O)NCc1cnn(C)c1)c1cnn(C)c1. The fourth-order valence-electron chi connectivity index (χ4n) is 1.74. The average Bonchev–Trinajstić information content (AvgIpc) is 2.95. The summed E-state index contributed by atoms with van der Waals surface area (Å²) in [5, 5.41) is 13.8. The number of hydrogen-bond acceptors (Lipinski definition) is 3. The number of nitrogens with zero attached hydrogens (tertiary/aromatic N) is 4. The van der Waals surface area contributed by atoms with Gasteiger partial charge in [0.05, 0.1) is 18.4 Å². The van der Waals surface area contributed by atoms with Crippen LogP contribution in [0.3, 0.4) is 0 Å². The standard InChI is InChI=1S/C12H18N6O/c1-9(11-6-15-18(3)8-11)16-12(19)13-4-10-5-14-17(2)7-10/h5-9H,4H2,1-3H3,(H2,13,16,19). The van der Waals surface area contributed by atoms with E-state index in [0.717, 1.165) is 11.1 Å². The monoisotopic (exact) mass is 262 g/mol. The van der Waals surface area contributed by atoms with E-state index in [1.165, 1.54) is 0 Å². The van der Waals surface area contributed by atoms with Crippen LogP contribution in [-0.4, -0.2) is 25.6 Å². The highest BCUT2D eigenvalue weighted by molar-refractivity contribution is 5.74. The molecular formula is C12H18N6O. The fraction of sp³-hybridized carbons (Fsp3) is 0.417. The Balaban J connectivity index is 1.81. The molecule has 1 unspecified atom stereocenters. The molecule has 2 N–H and O–H groups in total. The molecule has 102 valence electrons. The number of hydrogen-bond donors (Lipinski definition) is 2. The largest absolute Gasteiger partial charge is 0.334 e. The molecule has 0 spiro atoms. The molecule has 7 nitrogen and oxygen atoms in total. The summed E-state index contributed by atoms with van der Waals surface area (Å²) in [6.45, 7) is 2.38.